The summed E-state index contributed by atoms with van der Waals surface area (Å²) in [6.07, 6.45) is 1.19. The molecule has 5 nitrogen and oxygen atoms in total. The second kappa shape index (κ2) is 6.81. The minimum Gasteiger partial charge on any atom is -0.399 e. The van der Waals surface area contributed by atoms with E-state index in [1.165, 1.54) is 18.0 Å². The summed E-state index contributed by atoms with van der Waals surface area (Å²) in [6, 6.07) is 5.01. The van der Waals surface area contributed by atoms with Crippen LogP contribution >= 0.6 is 11.8 Å². The third-order valence-corrected chi connectivity index (χ3v) is 4.56. The monoisotopic (exact) mass is 302 g/mol. The molecule has 0 aromatic heterocycles. The van der Waals surface area contributed by atoms with Crippen molar-refractivity contribution >= 4 is 33.2 Å². The highest BCUT2D eigenvalue weighted by Gasteiger charge is 2.12. The first-order chi connectivity index (χ1) is 8.83. The molecule has 0 unspecified atom stereocenters. The Kier molecular flexibility index (Phi) is 5.68. The molecule has 0 saturated heterocycles. The molecule has 0 aliphatic heterocycles. The minimum atomic E-state index is -3.00. The van der Waals surface area contributed by atoms with Gasteiger partial charge in [-0.2, -0.15) is 0 Å². The van der Waals surface area contributed by atoms with Crippen molar-refractivity contribution in [3.63, 3.8) is 0 Å². The SMILES string of the molecule is CCNC(=O)c1ccc(N)cc1SCCS(C)(=O)=O. The molecule has 1 rings (SSSR count). The number of carbonyl (C=O) groups excluding carboxylic acids is 1. The van der Waals surface area contributed by atoms with E-state index in [0.717, 1.165) is 0 Å². The summed E-state index contributed by atoms with van der Waals surface area (Å²) in [5, 5.41) is 2.72. The van der Waals surface area contributed by atoms with Gasteiger partial charge >= 0.3 is 0 Å². The van der Waals surface area contributed by atoms with Gasteiger partial charge in [-0.3, -0.25) is 4.79 Å². The standard InChI is InChI=1S/C12H18N2O3S2/c1-3-14-12(15)10-5-4-9(13)8-11(10)18-6-7-19(2,16)17/h4-5,8H,3,6-7,13H2,1-2H3,(H,14,15). The number of sulfone groups is 1. The number of thioether (sulfide) groups is 1. The lowest BCUT2D eigenvalue weighted by atomic mass is 10.2. The maximum absolute atomic E-state index is 11.9. The number of carbonyl (C=O) groups is 1. The van der Waals surface area contributed by atoms with Crippen LogP contribution in [0.3, 0.4) is 0 Å². The van der Waals surface area contributed by atoms with Gasteiger partial charge in [-0.1, -0.05) is 0 Å². The summed E-state index contributed by atoms with van der Waals surface area (Å²) in [5.41, 5.74) is 6.77. The predicted octanol–water partition coefficient (Wildman–Crippen LogP) is 1.16. The van der Waals surface area contributed by atoms with Gasteiger partial charge in [0.2, 0.25) is 0 Å². The largest absolute Gasteiger partial charge is 0.399 e. The average Bonchev–Trinajstić information content (AvgIpc) is 2.27. The molecule has 1 amide bonds. The molecule has 3 N–H and O–H groups in total. The Labute approximate surface area is 117 Å². The number of benzene rings is 1. The Morgan fingerprint density at radius 2 is 2.11 bits per heavy atom. The lowest BCUT2D eigenvalue weighted by molar-refractivity contribution is 0.0953. The van der Waals surface area contributed by atoms with Crippen molar-refractivity contribution in [2.75, 3.05) is 30.0 Å². The molecule has 0 spiro atoms. The van der Waals surface area contributed by atoms with Crippen LogP contribution in [-0.2, 0) is 9.84 Å². The van der Waals surface area contributed by atoms with E-state index >= 15 is 0 Å². The number of hydrogen-bond donors (Lipinski definition) is 2. The third-order valence-electron chi connectivity index (χ3n) is 2.30. The summed E-state index contributed by atoms with van der Waals surface area (Å²) in [6.45, 7) is 2.38. The number of hydrogen-bond acceptors (Lipinski definition) is 5. The molecule has 0 aliphatic carbocycles. The minimum absolute atomic E-state index is 0.0707. The number of nitrogens with one attached hydrogen (secondary N) is 1. The molecule has 1 aromatic rings. The number of nitrogens with two attached hydrogens (primary N) is 1. The molecule has 1 aromatic carbocycles. The van der Waals surface area contributed by atoms with Crippen LogP contribution in [0.2, 0.25) is 0 Å². The van der Waals surface area contributed by atoms with Crippen LogP contribution in [0.1, 0.15) is 17.3 Å². The van der Waals surface area contributed by atoms with Gasteiger partial charge in [0, 0.05) is 29.1 Å². The first-order valence-electron chi connectivity index (χ1n) is 5.81. The molecule has 0 bridgehead atoms. The fourth-order valence-electron chi connectivity index (χ4n) is 1.40. The smallest absolute Gasteiger partial charge is 0.252 e. The lowest BCUT2D eigenvalue weighted by Gasteiger charge is -2.09. The Balaban J connectivity index is 2.85. The van der Waals surface area contributed by atoms with Crippen molar-refractivity contribution in [2.24, 2.45) is 0 Å². The average molecular weight is 302 g/mol. The molecule has 0 atom stereocenters. The van der Waals surface area contributed by atoms with Crippen LogP contribution in [0.4, 0.5) is 5.69 Å². The van der Waals surface area contributed by atoms with Gasteiger partial charge in [0.05, 0.1) is 11.3 Å². The molecule has 19 heavy (non-hydrogen) atoms. The molecular formula is C12H18N2O3S2. The highest BCUT2D eigenvalue weighted by molar-refractivity contribution is 8.00. The topological polar surface area (TPSA) is 89.3 Å². The summed E-state index contributed by atoms with van der Waals surface area (Å²) in [7, 11) is -3.00. The highest BCUT2D eigenvalue weighted by atomic mass is 32.2. The van der Waals surface area contributed by atoms with Crippen LogP contribution in [0.15, 0.2) is 23.1 Å². The Morgan fingerprint density at radius 3 is 2.68 bits per heavy atom. The van der Waals surface area contributed by atoms with Crippen LogP contribution in [0, 0.1) is 0 Å². The van der Waals surface area contributed by atoms with Crippen molar-refractivity contribution < 1.29 is 13.2 Å². The Bertz CT molecular complexity index is 556. The molecular weight excluding hydrogens is 284 g/mol. The number of amides is 1. The summed E-state index contributed by atoms with van der Waals surface area (Å²) in [5.74, 6) is 0.292. The van der Waals surface area contributed by atoms with E-state index < -0.39 is 9.84 Å². The Morgan fingerprint density at radius 1 is 1.42 bits per heavy atom. The fourth-order valence-corrected chi connectivity index (χ4v) is 3.70. The number of rotatable bonds is 6. The van der Waals surface area contributed by atoms with Crippen molar-refractivity contribution in [1.29, 1.82) is 0 Å². The van der Waals surface area contributed by atoms with E-state index in [0.29, 0.717) is 28.4 Å². The van der Waals surface area contributed by atoms with Gasteiger partial charge < -0.3 is 11.1 Å². The molecule has 0 radical (unpaired) electrons. The Hall–Kier alpha value is -1.21. The van der Waals surface area contributed by atoms with Crippen molar-refractivity contribution in [3.8, 4) is 0 Å². The predicted molar refractivity (Wildman–Crippen MR) is 79.3 cm³/mol. The third kappa shape index (κ3) is 5.52. The zero-order chi connectivity index (χ0) is 14.5. The quantitative estimate of drug-likeness (QED) is 0.608. The second-order valence-corrected chi connectivity index (χ2v) is 7.49. The molecule has 0 saturated carbocycles. The van der Waals surface area contributed by atoms with Crippen LogP contribution < -0.4 is 11.1 Å². The zero-order valence-corrected chi connectivity index (χ0v) is 12.6. The van der Waals surface area contributed by atoms with Gasteiger partial charge in [-0.25, -0.2) is 8.42 Å². The zero-order valence-electron chi connectivity index (χ0n) is 11.0. The van der Waals surface area contributed by atoms with Crippen molar-refractivity contribution in [3.05, 3.63) is 23.8 Å². The van der Waals surface area contributed by atoms with Crippen molar-refractivity contribution in [2.45, 2.75) is 11.8 Å². The van der Waals surface area contributed by atoms with Gasteiger partial charge in [-0.15, -0.1) is 11.8 Å². The molecule has 106 valence electrons. The molecule has 0 fully saturated rings. The van der Waals surface area contributed by atoms with E-state index in [9.17, 15) is 13.2 Å². The summed E-state index contributed by atoms with van der Waals surface area (Å²) < 4.78 is 22.2. The van der Waals surface area contributed by atoms with E-state index in [2.05, 4.69) is 5.32 Å². The van der Waals surface area contributed by atoms with E-state index in [1.54, 1.807) is 18.2 Å². The molecule has 0 heterocycles. The van der Waals surface area contributed by atoms with Gasteiger partial charge in [0.15, 0.2) is 0 Å². The van der Waals surface area contributed by atoms with Gasteiger partial charge in [0.25, 0.3) is 5.91 Å². The molecule has 7 heteroatoms. The highest BCUT2D eigenvalue weighted by Crippen LogP contribution is 2.25. The first-order valence-corrected chi connectivity index (χ1v) is 8.86. The first kappa shape index (κ1) is 15.8. The maximum Gasteiger partial charge on any atom is 0.252 e. The van der Waals surface area contributed by atoms with E-state index in [4.69, 9.17) is 5.73 Å². The fraction of sp³-hybridized carbons (Fsp3) is 0.417. The van der Waals surface area contributed by atoms with Crippen LogP contribution in [0.25, 0.3) is 0 Å². The van der Waals surface area contributed by atoms with Gasteiger partial charge in [0.1, 0.15) is 9.84 Å². The van der Waals surface area contributed by atoms with Gasteiger partial charge in [-0.05, 0) is 25.1 Å². The summed E-state index contributed by atoms with van der Waals surface area (Å²) >= 11 is 1.32. The number of nitrogen functional groups attached to an aromatic ring is 1. The lowest BCUT2D eigenvalue weighted by Crippen LogP contribution is -2.23. The summed E-state index contributed by atoms with van der Waals surface area (Å²) in [4.78, 5) is 12.6. The second-order valence-electron chi connectivity index (χ2n) is 4.09. The maximum atomic E-state index is 11.9. The van der Waals surface area contributed by atoms with Crippen molar-refractivity contribution in [1.82, 2.24) is 5.32 Å². The normalized spacial score (nSPS) is 11.3. The van der Waals surface area contributed by atoms with Crippen LogP contribution in [0.5, 0.6) is 0 Å². The van der Waals surface area contributed by atoms with E-state index in [-0.39, 0.29) is 11.7 Å². The number of anilines is 1. The van der Waals surface area contributed by atoms with E-state index in [1.807, 2.05) is 6.92 Å². The van der Waals surface area contributed by atoms with Crippen LogP contribution in [-0.4, -0.2) is 38.6 Å². The molecule has 0 aliphatic rings.